The summed E-state index contributed by atoms with van der Waals surface area (Å²) < 4.78 is 0. The van der Waals surface area contributed by atoms with Gasteiger partial charge >= 0.3 is 11.8 Å². The van der Waals surface area contributed by atoms with Crippen LogP contribution in [0.5, 0.6) is 0 Å². The fourth-order valence-electron chi connectivity index (χ4n) is 2.12. The number of piperidine rings is 1. The van der Waals surface area contributed by atoms with Gasteiger partial charge in [0.25, 0.3) is 0 Å². The number of anilines is 1. The van der Waals surface area contributed by atoms with Crippen molar-refractivity contribution in [3.05, 3.63) is 28.4 Å². The highest BCUT2D eigenvalue weighted by Gasteiger charge is 2.28. The molecule has 1 aromatic heterocycles. The largest absolute Gasteiger partial charge is 0.465 e. The molecule has 8 heteroatoms. The molecule has 1 amide bonds. The van der Waals surface area contributed by atoms with Crippen LogP contribution < -0.4 is 5.32 Å². The molecule has 2 rings (SSSR count). The first-order valence-electron chi connectivity index (χ1n) is 5.95. The summed E-state index contributed by atoms with van der Waals surface area (Å²) in [5.41, 5.74) is -0.154. The van der Waals surface area contributed by atoms with Gasteiger partial charge in [0.15, 0.2) is 0 Å². The lowest BCUT2D eigenvalue weighted by atomic mass is 10.1. The van der Waals surface area contributed by atoms with Gasteiger partial charge in [0.05, 0.1) is 4.92 Å². The van der Waals surface area contributed by atoms with E-state index < -0.39 is 17.2 Å². The van der Waals surface area contributed by atoms with Crippen molar-refractivity contribution in [1.82, 2.24) is 9.88 Å². The van der Waals surface area contributed by atoms with Crippen molar-refractivity contribution in [2.45, 2.75) is 25.4 Å². The van der Waals surface area contributed by atoms with E-state index in [2.05, 4.69) is 10.3 Å². The molecule has 1 fully saturated rings. The van der Waals surface area contributed by atoms with Gasteiger partial charge in [-0.2, -0.15) is 0 Å². The third kappa shape index (κ3) is 2.90. The van der Waals surface area contributed by atoms with Crippen LogP contribution in [-0.2, 0) is 0 Å². The molecule has 0 aliphatic carbocycles. The van der Waals surface area contributed by atoms with Crippen molar-refractivity contribution in [1.29, 1.82) is 0 Å². The molecule has 1 aromatic rings. The quantitative estimate of drug-likeness (QED) is 0.638. The number of nitrogens with one attached hydrogen (secondary N) is 1. The van der Waals surface area contributed by atoms with E-state index in [-0.39, 0.29) is 11.5 Å². The fraction of sp³-hybridized carbons (Fsp3) is 0.455. The first kappa shape index (κ1) is 13.1. The van der Waals surface area contributed by atoms with Crippen molar-refractivity contribution in [3.8, 4) is 0 Å². The van der Waals surface area contributed by atoms with Crippen LogP contribution in [0.4, 0.5) is 16.3 Å². The minimum absolute atomic E-state index is 0.102. The molecular formula is C11H14N4O4. The predicted molar refractivity (Wildman–Crippen MR) is 66.9 cm³/mol. The molecule has 1 unspecified atom stereocenters. The minimum Gasteiger partial charge on any atom is -0.465 e. The maximum absolute atomic E-state index is 11.1. The molecule has 8 nitrogen and oxygen atoms in total. The van der Waals surface area contributed by atoms with Gasteiger partial charge in [-0.15, -0.1) is 0 Å². The van der Waals surface area contributed by atoms with Crippen molar-refractivity contribution in [2.75, 3.05) is 11.9 Å². The Morgan fingerprint density at radius 2 is 2.37 bits per heavy atom. The molecule has 0 bridgehead atoms. The van der Waals surface area contributed by atoms with E-state index in [0.29, 0.717) is 13.0 Å². The van der Waals surface area contributed by atoms with Gasteiger partial charge < -0.3 is 10.4 Å². The molecule has 102 valence electrons. The molecule has 1 atom stereocenters. The Bertz CT molecular complexity index is 493. The molecule has 1 saturated heterocycles. The molecule has 1 aliphatic rings. The summed E-state index contributed by atoms with van der Waals surface area (Å²) in [7, 11) is 0. The zero-order valence-corrected chi connectivity index (χ0v) is 10.2. The molecule has 19 heavy (non-hydrogen) atoms. The number of likely N-dealkylation sites (tertiary alicyclic amines) is 1. The summed E-state index contributed by atoms with van der Waals surface area (Å²) >= 11 is 0. The number of aromatic nitrogens is 1. The zero-order valence-electron chi connectivity index (χ0n) is 10.2. The summed E-state index contributed by atoms with van der Waals surface area (Å²) in [4.78, 5) is 26.6. The first-order chi connectivity index (χ1) is 9.09. The lowest BCUT2D eigenvalue weighted by molar-refractivity contribution is -0.384. The third-order valence-electron chi connectivity index (χ3n) is 3.03. The molecule has 2 heterocycles. The number of nitro groups is 1. The SMILES string of the molecule is O=C(O)N1CCCCC1Nc1ncccc1[N+](=O)[O-]. The third-order valence-corrected chi connectivity index (χ3v) is 3.03. The van der Waals surface area contributed by atoms with Gasteiger partial charge in [0.1, 0.15) is 6.17 Å². The van der Waals surface area contributed by atoms with E-state index in [1.165, 1.54) is 23.2 Å². The second-order valence-corrected chi connectivity index (χ2v) is 4.26. The average Bonchev–Trinajstić information content (AvgIpc) is 2.39. The second kappa shape index (κ2) is 5.51. The Hall–Kier alpha value is -2.38. The van der Waals surface area contributed by atoms with E-state index in [4.69, 9.17) is 5.11 Å². The maximum atomic E-state index is 11.1. The van der Waals surface area contributed by atoms with Gasteiger partial charge in [0.2, 0.25) is 5.82 Å². The number of pyridine rings is 1. The van der Waals surface area contributed by atoms with Crippen molar-refractivity contribution < 1.29 is 14.8 Å². The van der Waals surface area contributed by atoms with Gasteiger partial charge in [-0.1, -0.05) is 0 Å². The highest BCUT2D eigenvalue weighted by molar-refractivity contribution is 5.66. The first-order valence-corrected chi connectivity index (χ1v) is 5.95. The monoisotopic (exact) mass is 266 g/mol. The summed E-state index contributed by atoms with van der Waals surface area (Å²) in [6.07, 6.45) is 2.22. The van der Waals surface area contributed by atoms with Crippen LogP contribution in [0.1, 0.15) is 19.3 Å². The Morgan fingerprint density at radius 3 is 3.05 bits per heavy atom. The molecule has 0 aromatic carbocycles. The molecule has 1 aliphatic heterocycles. The molecule has 0 spiro atoms. The number of amides is 1. The van der Waals surface area contributed by atoms with Crippen LogP contribution in [0.2, 0.25) is 0 Å². The topological polar surface area (TPSA) is 109 Å². The van der Waals surface area contributed by atoms with Gasteiger partial charge in [-0.3, -0.25) is 15.0 Å². The van der Waals surface area contributed by atoms with E-state index >= 15 is 0 Å². The lowest BCUT2D eigenvalue weighted by Crippen LogP contribution is -2.47. The van der Waals surface area contributed by atoms with Crippen LogP contribution >= 0.6 is 0 Å². The summed E-state index contributed by atoms with van der Waals surface area (Å²) in [6.45, 7) is 0.424. The number of carbonyl (C=O) groups is 1. The zero-order chi connectivity index (χ0) is 13.8. The summed E-state index contributed by atoms with van der Waals surface area (Å²) in [5.74, 6) is 0.102. The highest BCUT2D eigenvalue weighted by Crippen LogP contribution is 2.25. The van der Waals surface area contributed by atoms with E-state index in [1.807, 2.05) is 0 Å². The number of hydrogen-bond donors (Lipinski definition) is 2. The van der Waals surface area contributed by atoms with Gasteiger partial charge in [-0.05, 0) is 25.3 Å². The Labute approximate surface area is 109 Å². The van der Waals surface area contributed by atoms with E-state index in [1.54, 1.807) is 0 Å². The highest BCUT2D eigenvalue weighted by atomic mass is 16.6. The smallest absolute Gasteiger partial charge is 0.408 e. The number of carboxylic acid groups (broad SMARTS) is 1. The average molecular weight is 266 g/mol. The van der Waals surface area contributed by atoms with Crippen LogP contribution in [0.15, 0.2) is 18.3 Å². The van der Waals surface area contributed by atoms with E-state index in [9.17, 15) is 14.9 Å². The second-order valence-electron chi connectivity index (χ2n) is 4.26. The minimum atomic E-state index is -1.03. The standard InChI is InChI=1S/C11H14N4O4/c16-11(17)14-7-2-1-5-9(14)13-10-8(15(18)19)4-3-6-12-10/h3-4,6,9H,1-2,5,7H2,(H,12,13)(H,16,17). The Morgan fingerprint density at radius 1 is 1.58 bits per heavy atom. The molecule has 0 radical (unpaired) electrons. The van der Waals surface area contributed by atoms with Crippen LogP contribution in [-0.4, -0.2) is 38.7 Å². The summed E-state index contributed by atoms with van der Waals surface area (Å²) in [6, 6.07) is 2.81. The van der Waals surface area contributed by atoms with Crippen LogP contribution in [0.25, 0.3) is 0 Å². The summed E-state index contributed by atoms with van der Waals surface area (Å²) in [5, 5.41) is 22.8. The van der Waals surface area contributed by atoms with Gasteiger partial charge in [0, 0.05) is 18.8 Å². The molecule has 0 saturated carbocycles. The van der Waals surface area contributed by atoms with Gasteiger partial charge in [-0.25, -0.2) is 9.78 Å². The lowest BCUT2D eigenvalue weighted by Gasteiger charge is -2.33. The van der Waals surface area contributed by atoms with Crippen LogP contribution in [0, 0.1) is 10.1 Å². The Balaban J connectivity index is 2.19. The molecule has 2 N–H and O–H groups in total. The number of nitrogens with zero attached hydrogens (tertiary/aromatic N) is 3. The number of hydrogen-bond acceptors (Lipinski definition) is 5. The number of rotatable bonds is 3. The fourth-order valence-corrected chi connectivity index (χ4v) is 2.12. The molecular weight excluding hydrogens is 252 g/mol. The van der Waals surface area contributed by atoms with Crippen molar-refractivity contribution in [3.63, 3.8) is 0 Å². The van der Waals surface area contributed by atoms with Crippen molar-refractivity contribution in [2.24, 2.45) is 0 Å². The van der Waals surface area contributed by atoms with Crippen LogP contribution in [0.3, 0.4) is 0 Å². The maximum Gasteiger partial charge on any atom is 0.408 e. The predicted octanol–water partition coefficient (Wildman–Crippen LogP) is 1.89. The van der Waals surface area contributed by atoms with Crippen molar-refractivity contribution >= 4 is 17.6 Å². The normalized spacial score (nSPS) is 18.9. The Kier molecular flexibility index (Phi) is 3.79. The van der Waals surface area contributed by atoms with E-state index in [0.717, 1.165) is 12.8 Å².